The van der Waals surface area contributed by atoms with Crippen LogP contribution >= 0.6 is 0 Å². The monoisotopic (exact) mass is 426 g/mol. The molecule has 1 aromatic carbocycles. The fraction of sp³-hybridized carbons (Fsp3) is 0.500. The van der Waals surface area contributed by atoms with Gasteiger partial charge in [-0.15, -0.1) is 0 Å². The van der Waals surface area contributed by atoms with E-state index in [4.69, 9.17) is 14.2 Å². The van der Waals surface area contributed by atoms with Gasteiger partial charge in [0.1, 0.15) is 12.4 Å². The number of hydrogen-bond acceptors (Lipinski definition) is 5. The summed E-state index contributed by atoms with van der Waals surface area (Å²) < 4.78 is 17.1. The smallest absolute Gasteiger partial charge is 0.191 e. The average molecular weight is 427 g/mol. The molecule has 0 saturated carbocycles. The predicted octanol–water partition coefficient (Wildman–Crippen LogP) is 3.30. The van der Waals surface area contributed by atoms with E-state index in [-0.39, 0.29) is 6.10 Å². The van der Waals surface area contributed by atoms with Gasteiger partial charge in [-0.2, -0.15) is 0 Å². The van der Waals surface area contributed by atoms with Crippen molar-refractivity contribution in [3.05, 3.63) is 59.9 Å². The first kappa shape index (κ1) is 23.0. The van der Waals surface area contributed by atoms with Gasteiger partial charge in [0.15, 0.2) is 5.96 Å². The van der Waals surface area contributed by atoms with Gasteiger partial charge >= 0.3 is 0 Å². The van der Waals surface area contributed by atoms with Gasteiger partial charge in [-0.3, -0.25) is 4.98 Å². The van der Waals surface area contributed by atoms with E-state index in [1.807, 2.05) is 36.4 Å². The molecule has 1 fully saturated rings. The number of rotatable bonds is 12. The summed E-state index contributed by atoms with van der Waals surface area (Å²) in [6.45, 7) is 7.01. The first-order valence-corrected chi connectivity index (χ1v) is 11.2. The van der Waals surface area contributed by atoms with Crippen LogP contribution in [0.1, 0.15) is 37.4 Å². The zero-order valence-corrected chi connectivity index (χ0v) is 18.4. The number of aromatic nitrogens is 1. The van der Waals surface area contributed by atoms with Gasteiger partial charge < -0.3 is 24.8 Å². The van der Waals surface area contributed by atoms with Gasteiger partial charge in [0.2, 0.25) is 0 Å². The second-order valence-electron chi connectivity index (χ2n) is 7.44. The second kappa shape index (κ2) is 13.6. The Balaban J connectivity index is 1.39. The van der Waals surface area contributed by atoms with Crippen LogP contribution in [0.2, 0.25) is 0 Å². The molecule has 3 rings (SSSR count). The van der Waals surface area contributed by atoms with Gasteiger partial charge in [0.05, 0.1) is 24.9 Å². The van der Waals surface area contributed by atoms with E-state index in [0.717, 1.165) is 68.5 Å². The molecule has 1 aliphatic heterocycles. The number of nitrogens with zero attached hydrogens (tertiary/aromatic N) is 2. The molecule has 7 nitrogen and oxygen atoms in total. The molecule has 7 heteroatoms. The van der Waals surface area contributed by atoms with Crippen LogP contribution in [0.3, 0.4) is 0 Å². The van der Waals surface area contributed by atoms with Crippen molar-refractivity contribution in [2.45, 2.75) is 45.4 Å². The highest BCUT2D eigenvalue weighted by molar-refractivity contribution is 5.79. The SMILES string of the molecule is CCNC(=NCc1cccc(OCc2ccccn2)c1)NCCCOCC1CCCO1. The Morgan fingerprint density at radius 3 is 3.00 bits per heavy atom. The number of nitrogens with one attached hydrogen (secondary N) is 2. The minimum absolute atomic E-state index is 0.288. The molecule has 1 atom stereocenters. The lowest BCUT2D eigenvalue weighted by Crippen LogP contribution is -2.38. The Morgan fingerprint density at radius 2 is 2.19 bits per heavy atom. The van der Waals surface area contributed by atoms with Crippen molar-refractivity contribution in [3.8, 4) is 5.75 Å². The normalized spacial score (nSPS) is 16.3. The number of ether oxygens (including phenoxy) is 3. The van der Waals surface area contributed by atoms with Gasteiger partial charge in [0.25, 0.3) is 0 Å². The highest BCUT2D eigenvalue weighted by atomic mass is 16.5. The summed E-state index contributed by atoms with van der Waals surface area (Å²) in [5.41, 5.74) is 2.00. The first-order chi connectivity index (χ1) is 15.3. The first-order valence-electron chi connectivity index (χ1n) is 11.2. The summed E-state index contributed by atoms with van der Waals surface area (Å²) in [4.78, 5) is 8.97. The van der Waals surface area contributed by atoms with E-state index in [9.17, 15) is 0 Å². The van der Waals surface area contributed by atoms with Crippen molar-refractivity contribution in [1.29, 1.82) is 0 Å². The third-order valence-electron chi connectivity index (χ3n) is 4.86. The topological polar surface area (TPSA) is 77.0 Å². The second-order valence-corrected chi connectivity index (χ2v) is 7.44. The maximum Gasteiger partial charge on any atom is 0.191 e. The van der Waals surface area contributed by atoms with Crippen LogP contribution in [0, 0.1) is 0 Å². The Kier molecular flexibility index (Phi) is 10.1. The minimum atomic E-state index is 0.288. The Bertz CT molecular complexity index is 779. The fourth-order valence-corrected chi connectivity index (χ4v) is 3.26. The molecule has 1 unspecified atom stereocenters. The summed E-state index contributed by atoms with van der Waals surface area (Å²) in [5.74, 6) is 1.63. The van der Waals surface area contributed by atoms with Crippen LogP contribution < -0.4 is 15.4 Å². The van der Waals surface area contributed by atoms with E-state index in [2.05, 4.69) is 33.6 Å². The van der Waals surface area contributed by atoms with Crippen LogP contribution in [-0.4, -0.2) is 50.0 Å². The zero-order chi connectivity index (χ0) is 21.6. The highest BCUT2D eigenvalue weighted by Gasteiger charge is 2.14. The molecular formula is C24H34N4O3. The zero-order valence-electron chi connectivity index (χ0n) is 18.4. The third kappa shape index (κ3) is 8.94. The number of guanidine groups is 1. The third-order valence-corrected chi connectivity index (χ3v) is 4.86. The number of benzene rings is 1. The van der Waals surface area contributed by atoms with Gasteiger partial charge in [-0.1, -0.05) is 18.2 Å². The van der Waals surface area contributed by atoms with Crippen LogP contribution in [0.15, 0.2) is 53.7 Å². The quantitative estimate of drug-likeness (QED) is 0.308. The number of hydrogen-bond donors (Lipinski definition) is 2. The summed E-state index contributed by atoms with van der Waals surface area (Å²) in [6.07, 6.45) is 5.25. The van der Waals surface area contributed by atoms with Crippen molar-refractivity contribution < 1.29 is 14.2 Å². The summed E-state index contributed by atoms with van der Waals surface area (Å²) in [5, 5.41) is 6.66. The molecule has 0 aliphatic carbocycles. The van der Waals surface area contributed by atoms with Crippen molar-refractivity contribution in [2.75, 3.05) is 32.9 Å². The summed E-state index contributed by atoms with van der Waals surface area (Å²) >= 11 is 0. The summed E-state index contributed by atoms with van der Waals surface area (Å²) in [6, 6.07) is 13.8. The maximum absolute atomic E-state index is 5.86. The van der Waals surface area contributed by atoms with Crippen LogP contribution in [-0.2, 0) is 22.6 Å². The largest absolute Gasteiger partial charge is 0.487 e. The molecule has 2 aromatic rings. The van der Waals surface area contributed by atoms with Gasteiger partial charge in [-0.05, 0) is 56.0 Å². The predicted molar refractivity (Wildman–Crippen MR) is 122 cm³/mol. The Labute approximate surface area is 185 Å². The van der Waals surface area contributed by atoms with Crippen molar-refractivity contribution >= 4 is 5.96 Å². The molecule has 0 bridgehead atoms. The molecule has 1 aliphatic rings. The lowest BCUT2D eigenvalue weighted by Gasteiger charge is -2.13. The van der Waals surface area contributed by atoms with E-state index in [1.165, 1.54) is 0 Å². The summed E-state index contributed by atoms with van der Waals surface area (Å²) in [7, 11) is 0. The molecule has 2 heterocycles. The number of pyridine rings is 1. The Hall–Kier alpha value is -2.64. The van der Waals surface area contributed by atoms with E-state index in [1.54, 1.807) is 6.20 Å². The molecule has 1 aromatic heterocycles. The van der Waals surface area contributed by atoms with E-state index in [0.29, 0.717) is 19.8 Å². The van der Waals surface area contributed by atoms with Crippen molar-refractivity contribution in [3.63, 3.8) is 0 Å². The average Bonchev–Trinajstić information content (AvgIpc) is 3.33. The van der Waals surface area contributed by atoms with Gasteiger partial charge in [0, 0.05) is 32.5 Å². The molecule has 0 radical (unpaired) electrons. The standard InChI is InChI=1S/C24H34N4O3/c1-2-25-24(27-13-7-14-29-19-23-11-6-15-30-23)28-17-20-8-5-10-22(16-20)31-18-21-9-3-4-12-26-21/h3-5,8-10,12,16,23H,2,6-7,11,13-15,17-19H2,1H3,(H2,25,27,28). The Morgan fingerprint density at radius 1 is 1.23 bits per heavy atom. The molecule has 0 spiro atoms. The van der Waals surface area contributed by atoms with Crippen LogP contribution in [0.5, 0.6) is 5.75 Å². The lowest BCUT2D eigenvalue weighted by molar-refractivity contribution is 0.0168. The van der Waals surface area contributed by atoms with Crippen LogP contribution in [0.25, 0.3) is 0 Å². The van der Waals surface area contributed by atoms with Crippen molar-refractivity contribution in [2.24, 2.45) is 4.99 Å². The van der Waals surface area contributed by atoms with Crippen molar-refractivity contribution in [1.82, 2.24) is 15.6 Å². The highest BCUT2D eigenvalue weighted by Crippen LogP contribution is 2.15. The fourth-order valence-electron chi connectivity index (χ4n) is 3.26. The molecule has 31 heavy (non-hydrogen) atoms. The van der Waals surface area contributed by atoms with E-state index < -0.39 is 0 Å². The maximum atomic E-state index is 5.86. The molecule has 0 amide bonds. The van der Waals surface area contributed by atoms with Gasteiger partial charge in [-0.25, -0.2) is 4.99 Å². The minimum Gasteiger partial charge on any atom is -0.487 e. The molecular weight excluding hydrogens is 392 g/mol. The molecule has 168 valence electrons. The molecule has 1 saturated heterocycles. The number of aliphatic imine (C=N–C) groups is 1. The lowest BCUT2D eigenvalue weighted by atomic mass is 10.2. The van der Waals surface area contributed by atoms with Crippen LogP contribution in [0.4, 0.5) is 0 Å². The van der Waals surface area contributed by atoms with E-state index >= 15 is 0 Å². The molecule has 2 N–H and O–H groups in total.